The number of benzene rings is 1. The first kappa shape index (κ1) is 16.2. The summed E-state index contributed by atoms with van der Waals surface area (Å²) in [5.74, 6) is 0.348. The summed E-state index contributed by atoms with van der Waals surface area (Å²) >= 11 is 0. The standard InChI is InChI=1S/C18H19N3O3S/c1-13-5-6-17(25(22,23)24-11-14-3-2-4-14)15(9-13)18-16-10-19-7-8-21(16)12-20-18/h5-10,12,14H,2-4,11H2,1H3. The summed E-state index contributed by atoms with van der Waals surface area (Å²) in [6.45, 7) is 2.17. The van der Waals surface area contributed by atoms with Gasteiger partial charge in [-0.25, -0.2) is 4.98 Å². The summed E-state index contributed by atoms with van der Waals surface area (Å²) in [7, 11) is -3.84. The molecule has 0 aliphatic heterocycles. The molecule has 0 unspecified atom stereocenters. The van der Waals surface area contributed by atoms with E-state index >= 15 is 0 Å². The lowest BCUT2D eigenvalue weighted by atomic mass is 9.86. The monoisotopic (exact) mass is 357 g/mol. The van der Waals surface area contributed by atoms with Crippen LogP contribution in [0.5, 0.6) is 0 Å². The van der Waals surface area contributed by atoms with Crippen LogP contribution in [0.25, 0.3) is 16.8 Å². The van der Waals surface area contributed by atoms with Crippen LogP contribution < -0.4 is 0 Å². The third kappa shape index (κ3) is 3.05. The van der Waals surface area contributed by atoms with Crippen LogP contribution in [0, 0.1) is 12.8 Å². The molecule has 0 spiro atoms. The van der Waals surface area contributed by atoms with Crippen LogP contribution in [0.2, 0.25) is 0 Å². The van der Waals surface area contributed by atoms with Crippen LogP contribution in [-0.2, 0) is 14.3 Å². The average molecular weight is 357 g/mol. The number of nitrogens with zero attached hydrogens (tertiary/aromatic N) is 3. The highest BCUT2D eigenvalue weighted by molar-refractivity contribution is 7.87. The molecule has 1 aromatic carbocycles. The van der Waals surface area contributed by atoms with Gasteiger partial charge in [-0.15, -0.1) is 0 Å². The summed E-state index contributed by atoms with van der Waals surface area (Å²) in [4.78, 5) is 8.68. The lowest BCUT2D eigenvalue weighted by Crippen LogP contribution is -2.20. The molecule has 0 bridgehead atoms. The van der Waals surface area contributed by atoms with Crippen LogP contribution in [0.3, 0.4) is 0 Å². The Morgan fingerprint density at radius 1 is 1.32 bits per heavy atom. The minimum atomic E-state index is -3.84. The highest BCUT2D eigenvalue weighted by atomic mass is 32.2. The lowest BCUT2D eigenvalue weighted by molar-refractivity contribution is 0.185. The van der Waals surface area contributed by atoms with Crippen molar-refractivity contribution < 1.29 is 12.6 Å². The van der Waals surface area contributed by atoms with Gasteiger partial charge in [0, 0.05) is 18.0 Å². The lowest BCUT2D eigenvalue weighted by Gasteiger charge is -2.24. The van der Waals surface area contributed by atoms with Crippen molar-refractivity contribution in [2.75, 3.05) is 6.61 Å². The second-order valence-electron chi connectivity index (χ2n) is 6.50. The fraction of sp³-hybridized carbons (Fsp3) is 0.333. The van der Waals surface area contributed by atoms with E-state index in [0.717, 1.165) is 30.3 Å². The molecule has 1 fully saturated rings. The Morgan fingerprint density at radius 3 is 2.92 bits per heavy atom. The van der Waals surface area contributed by atoms with Gasteiger partial charge in [0.15, 0.2) is 0 Å². The minimum Gasteiger partial charge on any atom is -0.303 e. The van der Waals surface area contributed by atoms with Gasteiger partial charge in [0.2, 0.25) is 0 Å². The molecule has 1 saturated carbocycles. The molecule has 2 heterocycles. The van der Waals surface area contributed by atoms with Gasteiger partial charge in [0.05, 0.1) is 24.0 Å². The molecule has 130 valence electrons. The first-order chi connectivity index (χ1) is 12.0. The van der Waals surface area contributed by atoms with Crippen LogP contribution in [0.1, 0.15) is 24.8 Å². The van der Waals surface area contributed by atoms with E-state index in [1.807, 2.05) is 17.4 Å². The van der Waals surface area contributed by atoms with Crippen molar-refractivity contribution in [2.45, 2.75) is 31.1 Å². The third-order valence-electron chi connectivity index (χ3n) is 4.69. The number of fused-ring (bicyclic) bond motifs is 1. The quantitative estimate of drug-likeness (QED) is 0.656. The molecule has 2 aromatic heterocycles. The Morgan fingerprint density at radius 2 is 2.16 bits per heavy atom. The molecule has 0 saturated heterocycles. The van der Waals surface area contributed by atoms with E-state index in [4.69, 9.17) is 4.18 Å². The van der Waals surface area contributed by atoms with Gasteiger partial charge in [-0.1, -0.05) is 18.1 Å². The van der Waals surface area contributed by atoms with Crippen molar-refractivity contribution in [2.24, 2.45) is 5.92 Å². The Kier molecular flexibility index (Phi) is 4.05. The van der Waals surface area contributed by atoms with E-state index in [0.29, 0.717) is 17.2 Å². The molecule has 25 heavy (non-hydrogen) atoms. The van der Waals surface area contributed by atoms with Crippen molar-refractivity contribution in [3.63, 3.8) is 0 Å². The van der Waals surface area contributed by atoms with Gasteiger partial charge < -0.3 is 4.40 Å². The zero-order chi connectivity index (χ0) is 17.4. The maximum atomic E-state index is 12.8. The van der Waals surface area contributed by atoms with Gasteiger partial charge >= 0.3 is 0 Å². The largest absolute Gasteiger partial charge is 0.303 e. The molecule has 3 aromatic rings. The maximum absolute atomic E-state index is 12.8. The summed E-state index contributed by atoms with van der Waals surface area (Å²) in [6.07, 6.45) is 9.99. The molecule has 0 radical (unpaired) electrons. The molecule has 0 amide bonds. The molecule has 0 atom stereocenters. The van der Waals surface area contributed by atoms with Crippen molar-refractivity contribution >= 4 is 15.6 Å². The Labute approximate surface area is 146 Å². The van der Waals surface area contributed by atoms with Gasteiger partial charge in [0.1, 0.15) is 11.2 Å². The molecule has 0 N–H and O–H groups in total. The zero-order valence-electron chi connectivity index (χ0n) is 13.9. The first-order valence-electron chi connectivity index (χ1n) is 8.32. The Bertz CT molecular complexity index is 1020. The van der Waals surface area contributed by atoms with E-state index < -0.39 is 10.1 Å². The van der Waals surface area contributed by atoms with E-state index in [9.17, 15) is 8.42 Å². The molecule has 6 nitrogen and oxygen atoms in total. The van der Waals surface area contributed by atoms with E-state index in [-0.39, 0.29) is 11.5 Å². The summed E-state index contributed by atoms with van der Waals surface area (Å²) in [5.41, 5.74) is 2.84. The minimum absolute atomic E-state index is 0.155. The molecule has 1 aliphatic carbocycles. The fourth-order valence-electron chi connectivity index (χ4n) is 3.00. The van der Waals surface area contributed by atoms with E-state index in [2.05, 4.69) is 9.97 Å². The van der Waals surface area contributed by atoms with E-state index in [1.54, 1.807) is 37.1 Å². The molecular weight excluding hydrogens is 338 g/mol. The normalized spacial score (nSPS) is 15.4. The van der Waals surface area contributed by atoms with Crippen LogP contribution in [0.4, 0.5) is 0 Å². The highest BCUT2D eigenvalue weighted by Crippen LogP contribution is 2.33. The fourth-order valence-corrected chi connectivity index (χ4v) is 4.16. The third-order valence-corrected chi connectivity index (χ3v) is 6.03. The van der Waals surface area contributed by atoms with Crippen molar-refractivity contribution in [3.8, 4) is 11.3 Å². The summed E-state index contributed by atoms with van der Waals surface area (Å²) < 4.78 is 32.7. The number of aromatic nitrogens is 3. The van der Waals surface area contributed by atoms with Gasteiger partial charge in [-0.2, -0.15) is 8.42 Å². The zero-order valence-corrected chi connectivity index (χ0v) is 14.7. The van der Waals surface area contributed by atoms with Crippen molar-refractivity contribution in [1.82, 2.24) is 14.4 Å². The maximum Gasteiger partial charge on any atom is 0.297 e. The SMILES string of the molecule is Cc1ccc(S(=O)(=O)OCC2CCC2)c(-c2ncn3ccncc23)c1. The Hall–Kier alpha value is -2.25. The number of hydrogen-bond acceptors (Lipinski definition) is 5. The molecular formula is C18H19N3O3S. The van der Waals surface area contributed by atoms with Crippen molar-refractivity contribution in [3.05, 3.63) is 48.7 Å². The number of rotatable bonds is 5. The predicted molar refractivity (Wildman–Crippen MR) is 93.6 cm³/mol. The Balaban J connectivity index is 1.78. The van der Waals surface area contributed by atoms with E-state index in [1.165, 1.54) is 0 Å². The number of aryl methyl sites for hydroxylation is 1. The van der Waals surface area contributed by atoms with Crippen molar-refractivity contribution in [1.29, 1.82) is 0 Å². The average Bonchev–Trinajstić information content (AvgIpc) is 2.97. The number of hydrogen-bond donors (Lipinski definition) is 0. The molecule has 7 heteroatoms. The smallest absolute Gasteiger partial charge is 0.297 e. The second kappa shape index (κ2) is 6.24. The highest BCUT2D eigenvalue weighted by Gasteiger charge is 2.26. The van der Waals surface area contributed by atoms with Gasteiger partial charge in [-0.05, 0) is 37.8 Å². The van der Waals surface area contributed by atoms with Crippen LogP contribution >= 0.6 is 0 Å². The second-order valence-corrected chi connectivity index (χ2v) is 8.08. The number of imidazole rings is 1. The molecule has 1 aliphatic rings. The summed E-state index contributed by atoms with van der Waals surface area (Å²) in [5, 5.41) is 0. The summed E-state index contributed by atoms with van der Waals surface area (Å²) in [6, 6.07) is 5.21. The van der Waals surface area contributed by atoms with Gasteiger partial charge in [0.25, 0.3) is 10.1 Å². The van der Waals surface area contributed by atoms with Crippen LogP contribution in [0.15, 0.2) is 48.0 Å². The topological polar surface area (TPSA) is 73.6 Å². The first-order valence-corrected chi connectivity index (χ1v) is 9.72. The van der Waals surface area contributed by atoms with Crippen LogP contribution in [-0.4, -0.2) is 29.4 Å². The predicted octanol–water partition coefficient (Wildman–Crippen LogP) is 3.21. The van der Waals surface area contributed by atoms with Gasteiger partial charge in [-0.3, -0.25) is 9.17 Å². The molecule has 4 rings (SSSR count).